The van der Waals surface area contributed by atoms with Gasteiger partial charge in [0, 0.05) is 11.8 Å². The minimum Gasteiger partial charge on any atom is -0.478 e. The highest BCUT2D eigenvalue weighted by Crippen LogP contribution is 2.37. The summed E-state index contributed by atoms with van der Waals surface area (Å²) >= 11 is 6.07. The molecule has 1 aliphatic heterocycles. The van der Waals surface area contributed by atoms with E-state index >= 15 is 0 Å². The van der Waals surface area contributed by atoms with E-state index in [0.29, 0.717) is 12.1 Å². The summed E-state index contributed by atoms with van der Waals surface area (Å²) in [6.07, 6.45) is -0.265. The van der Waals surface area contributed by atoms with Crippen LogP contribution in [0.4, 0.5) is 15.8 Å². The Hall–Kier alpha value is -2.32. The van der Waals surface area contributed by atoms with Gasteiger partial charge in [-0.3, -0.25) is 9.52 Å². The number of rotatable bonds is 4. The third-order valence-corrected chi connectivity index (χ3v) is 5.46. The number of halogens is 2. The van der Waals surface area contributed by atoms with Gasteiger partial charge in [-0.25, -0.2) is 12.8 Å². The molecule has 3 rings (SSSR count). The van der Waals surface area contributed by atoms with Crippen molar-refractivity contribution in [1.82, 2.24) is 0 Å². The summed E-state index contributed by atoms with van der Waals surface area (Å²) in [4.78, 5) is 11.6. The van der Waals surface area contributed by atoms with Gasteiger partial charge in [0.05, 0.1) is 10.7 Å². The van der Waals surface area contributed by atoms with E-state index in [1.807, 2.05) is 0 Å². The maximum absolute atomic E-state index is 12.9. The number of hydrogen-bond donors (Lipinski definition) is 2. The van der Waals surface area contributed by atoms with Crippen molar-refractivity contribution in [3.8, 4) is 5.75 Å². The van der Waals surface area contributed by atoms with Gasteiger partial charge in [-0.05, 0) is 36.8 Å². The molecule has 1 amide bonds. The van der Waals surface area contributed by atoms with E-state index in [4.69, 9.17) is 16.3 Å². The molecule has 0 aromatic heterocycles. The number of amides is 1. The van der Waals surface area contributed by atoms with Crippen molar-refractivity contribution in [1.29, 1.82) is 0 Å². The smallest absolute Gasteiger partial charge is 0.265 e. The molecule has 0 bridgehead atoms. The summed E-state index contributed by atoms with van der Waals surface area (Å²) in [5, 5.41) is 2.55. The van der Waals surface area contributed by atoms with Crippen LogP contribution in [0, 0.1) is 5.82 Å². The molecule has 0 radical (unpaired) electrons. The maximum atomic E-state index is 12.9. The van der Waals surface area contributed by atoms with Gasteiger partial charge in [-0.15, -0.1) is 0 Å². The highest BCUT2D eigenvalue weighted by atomic mass is 35.5. The van der Waals surface area contributed by atoms with Crippen LogP contribution in [-0.2, 0) is 14.8 Å². The summed E-state index contributed by atoms with van der Waals surface area (Å²) in [5.74, 6) is -0.578. The van der Waals surface area contributed by atoms with Gasteiger partial charge in [0.2, 0.25) is 0 Å². The van der Waals surface area contributed by atoms with E-state index in [-0.39, 0.29) is 27.3 Å². The van der Waals surface area contributed by atoms with Crippen molar-refractivity contribution in [2.45, 2.75) is 24.3 Å². The lowest BCUT2D eigenvalue weighted by Gasteiger charge is -2.25. The number of anilines is 2. The fraction of sp³-hybridized carbons (Fsp3) is 0.188. The second kappa shape index (κ2) is 6.53. The first-order valence-corrected chi connectivity index (χ1v) is 9.25. The van der Waals surface area contributed by atoms with Crippen LogP contribution in [0.1, 0.15) is 13.3 Å². The lowest BCUT2D eigenvalue weighted by molar-refractivity contribution is -0.123. The van der Waals surface area contributed by atoms with Crippen molar-refractivity contribution < 1.29 is 22.3 Å². The van der Waals surface area contributed by atoms with Crippen LogP contribution in [-0.4, -0.2) is 20.4 Å². The van der Waals surface area contributed by atoms with Gasteiger partial charge in [0.1, 0.15) is 16.5 Å². The minimum absolute atomic E-state index is 0.0767. The Balaban J connectivity index is 1.96. The second-order valence-electron chi connectivity index (χ2n) is 5.40. The van der Waals surface area contributed by atoms with Gasteiger partial charge in [0.25, 0.3) is 15.9 Å². The summed E-state index contributed by atoms with van der Waals surface area (Å²) in [6, 6.07) is 7.44. The first-order valence-electron chi connectivity index (χ1n) is 7.39. The Bertz CT molecular complexity index is 932. The number of benzene rings is 2. The zero-order valence-corrected chi connectivity index (χ0v) is 14.6. The molecule has 25 heavy (non-hydrogen) atoms. The van der Waals surface area contributed by atoms with Crippen LogP contribution < -0.4 is 14.8 Å². The average Bonchev–Trinajstić information content (AvgIpc) is 2.55. The number of hydrogen-bond acceptors (Lipinski definition) is 4. The normalized spacial score (nSPS) is 16.6. The van der Waals surface area contributed by atoms with Gasteiger partial charge in [-0.2, -0.15) is 0 Å². The molecule has 1 unspecified atom stereocenters. The Labute approximate surface area is 149 Å². The number of nitrogens with one attached hydrogen (secondary N) is 2. The lowest BCUT2D eigenvalue weighted by Crippen LogP contribution is -2.36. The number of carbonyl (C=O) groups excluding carboxylic acids is 1. The molecule has 2 aromatic carbocycles. The van der Waals surface area contributed by atoms with Crippen LogP contribution in [0.5, 0.6) is 5.75 Å². The topological polar surface area (TPSA) is 84.5 Å². The molecule has 6 nitrogen and oxygen atoms in total. The average molecular weight is 385 g/mol. The van der Waals surface area contributed by atoms with E-state index < -0.39 is 21.9 Å². The van der Waals surface area contributed by atoms with Gasteiger partial charge < -0.3 is 10.1 Å². The number of ether oxygens (including phenoxy) is 1. The predicted octanol–water partition coefficient (Wildman–Crippen LogP) is 3.39. The van der Waals surface area contributed by atoms with Crippen LogP contribution in [0.3, 0.4) is 0 Å². The first kappa shape index (κ1) is 17.5. The number of carbonyl (C=O) groups is 1. The van der Waals surface area contributed by atoms with Gasteiger partial charge >= 0.3 is 0 Å². The van der Waals surface area contributed by atoms with E-state index in [1.54, 1.807) is 6.92 Å². The molecule has 1 atom stereocenters. The Morgan fingerprint density at radius 2 is 1.96 bits per heavy atom. The predicted molar refractivity (Wildman–Crippen MR) is 92.0 cm³/mol. The molecular formula is C16H14ClFN2O4S. The standard InChI is InChI=1S/C16H14ClFN2O4S/c1-2-13-16(21)19-12-7-11(17)15(8-14(12)24-13)25(22,23)20-10-5-3-9(18)4-6-10/h3-8,13,20H,2H2,1H3,(H,19,21). The molecule has 0 fully saturated rings. The maximum Gasteiger partial charge on any atom is 0.265 e. The molecule has 2 N–H and O–H groups in total. The van der Waals surface area contributed by atoms with Crippen molar-refractivity contribution in [2.75, 3.05) is 10.0 Å². The third-order valence-electron chi connectivity index (χ3n) is 3.61. The van der Waals surface area contributed by atoms with Gasteiger partial charge in [-0.1, -0.05) is 18.5 Å². The molecule has 132 valence electrons. The van der Waals surface area contributed by atoms with E-state index in [2.05, 4.69) is 10.0 Å². The lowest BCUT2D eigenvalue weighted by atomic mass is 10.2. The fourth-order valence-corrected chi connectivity index (χ4v) is 3.96. The fourth-order valence-electron chi connectivity index (χ4n) is 2.35. The zero-order valence-electron chi connectivity index (χ0n) is 13.0. The summed E-state index contributed by atoms with van der Waals surface area (Å²) in [7, 11) is -4.03. The van der Waals surface area contributed by atoms with E-state index in [0.717, 1.165) is 12.1 Å². The molecule has 0 saturated heterocycles. The first-order chi connectivity index (χ1) is 11.8. The largest absolute Gasteiger partial charge is 0.478 e. The Morgan fingerprint density at radius 3 is 2.60 bits per heavy atom. The van der Waals surface area contributed by atoms with E-state index in [9.17, 15) is 17.6 Å². The van der Waals surface area contributed by atoms with Crippen LogP contribution in [0.15, 0.2) is 41.3 Å². The number of fused-ring (bicyclic) bond motifs is 1. The molecule has 0 spiro atoms. The monoisotopic (exact) mass is 384 g/mol. The molecular weight excluding hydrogens is 371 g/mol. The summed E-state index contributed by atoms with van der Waals surface area (Å²) in [5.41, 5.74) is 0.497. The van der Waals surface area contributed by atoms with E-state index in [1.165, 1.54) is 24.3 Å². The summed E-state index contributed by atoms with van der Waals surface area (Å²) in [6.45, 7) is 1.78. The second-order valence-corrected chi connectivity index (χ2v) is 7.45. The Morgan fingerprint density at radius 1 is 1.28 bits per heavy atom. The molecule has 0 aliphatic carbocycles. The van der Waals surface area contributed by atoms with Crippen LogP contribution in [0.25, 0.3) is 0 Å². The highest BCUT2D eigenvalue weighted by molar-refractivity contribution is 7.92. The van der Waals surface area contributed by atoms with Crippen molar-refractivity contribution in [2.24, 2.45) is 0 Å². The van der Waals surface area contributed by atoms with Crippen LogP contribution in [0.2, 0.25) is 5.02 Å². The van der Waals surface area contributed by atoms with Crippen molar-refractivity contribution >= 4 is 38.9 Å². The molecule has 2 aromatic rings. The van der Waals surface area contributed by atoms with Crippen molar-refractivity contribution in [3.05, 3.63) is 47.2 Å². The third kappa shape index (κ3) is 3.54. The minimum atomic E-state index is -4.03. The highest BCUT2D eigenvalue weighted by Gasteiger charge is 2.29. The van der Waals surface area contributed by atoms with Crippen LogP contribution >= 0.6 is 11.6 Å². The molecule has 9 heteroatoms. The number of sulfonamides is 1. The zero-order chi connectivity index (χ0) is 18.2. The van der Waals surface area contributed by atoms with Gasteiger partial charge in [0.15, 0.2) is 6.10 Å². The molecule has 0 saturated carbocycles. The SMILES string of the molecule is CCC1Oc2cc(S(=O)(=O)Nc3ccc(F)cc3)c(Cl)cc2NC1=O. The molecule has 1 aliphatic rings. The Kier molecular flexibility index (Phi) is 4.57. The quantitative estimate of drug-likeness (QED) is 0.846. The molecule has 1 heterocycles. The summed E-state index contributed by atoms with van der Waals surface area (Å²) < 4.78 is 46.0. The van der Waals surface area contributed by atoms with Crippen molar-refractivity contribution in [3.63, 3.8) is 0 Å².